The van der Waals surface area contributed by atoms with Gasteiger partial charge in [0.15, 0.2) is 0 Å². The van der Waals surface area contributed by atoms with Gasteiger partial charge in [-0.1, -0.05) is 12.1 Å². The molecule has 2 N–H and O–H groups in total. The van der Waals surface area contributed by atoms with Gasteiger partial charge in [-0.2, -0.15) is 0 Å². The number of hydrogen-bond donors (Lipinski definition) is 2. The topological polar surface area (TPSA) is 48.4 Å². The lowest BCUT2D eigenvalue weighted by Gasteiger charge is -2.31. The van der Waals surface area contributed by atoms with E-state index in [1.54, 1.807) is 6.07 Å². The zero-order valence-corrected chi connectivity index (χ0v) is 14.0. The maximum absolute atomic E-state index is 14.4. The number of aromatic nitrogens is 1. The van der Waals surface area contributed by atoms with E-state index in [1.807, 2.05) is 42.3 Å². The lowest BCUT2D eigenvalue weighted by atomic mass is 10.1. The molecule has 1 saturated heterocycles. The minimum atomic E-state index is -0.247. The molecular formula is C19H24FN3O. The number of nitrogens with one attached hydrogen (secondary N) is 1. The third kappa shape index (κ3) is 4.30. The molecular weight excluding hydrogens is 305 g/mol. The summed E-state index contributed by atoms with van der Waals surface area (Å²) in [5.74, 6) is -0.195. The smallest absolute Gasteiger partial charge is 0.146 e. The summed E-state index contributed by atoms with van der Waals surface area (Å²) in [4.78, 5) is 6.35. The van der Waals surface area contributed by atoms with Crippen LogP contribution in [-0.2, 0) is 13.1 Å². The molecule has 4 nitrogen and oxygen atoms in total. The molecule has 1 aromatic heterocycles. The van der Waals surface area contributed by atoms with Crippen LogP contribution in [0.3, 0.4) is 0 Å². The Hall–Kier alpha value is -1.98. The third-order valence-electron chi connectivity index (χ3n) is 4.43. The standard InChI is InChI=1S/C19H24FN3O/c1-14-2-4-16(22-11-14)13-21-12-15-3-5-19(18(20)10-15)23-8-6-17(24)7-9-23/h2-5,10-11,17,21,24H,6-9,12-13H2,1H3. The van der Waals surface area contributed by atoms with E-state index in [-0.39, 0.29) is 11.9 Å². The number of piperidine rings is 1. The van der Waals surface area contributed by atoms with Gasteiger partial charge in [-0.15, -0.1) is 0 Å². The van der Waals surface area contributed by atoms with Crippen molar-refractivity contribution in [2.24, 2.45) is 0 Å². The number of aliphatic hydroxyl groups is 1. The van der Waals surface area contributed by atoms with E-state index < -0.39 is 0 Å². The van der Waals surface area contributed by atoms with Crippen molar-refractivity contribution >= 4 is 5.69 Å². The van der Waals surface area contributed by atoms with Crippen molar-refractivity contribution in [2.45, 2.75) is 39.0 Å². The normalized spacial score (nSPS) is 15.7. The molecule has 3 rings (SSSR count). The van der Waals surface area contributed by atoms with Crippen molar-refractivity contribution in [1.82, 2.24) is 10.3 Å². The quantitative estimate of drug-likeness (QED) is 0.886. The predicted octanol–water partition coefficient (Wildman–Crippen LogP) is 2.78. The van der Waals surface area contributed by atoms with E-state index in [1.165, 1.54) is 0 Å². The summed E-state index contributed by atoms with van der Waals surface area (Å²) < 4.78 is 14.4. The molecule has 1 fully saturated rings. The first-order chi connectivity index (χ1) is 11.6. The Morgan fingerprint density at radius 1 is 1.21 bits per heavy atom. The Morgan fingerprint density at radius 2 is 2.00 bits per heavy atom. The summed E-state index contributed by atoms with van der Waals surface area (Å²) in [6.07, 6.45) is 3.00. The van der Waals surface area contributed by atoms with Crippen LogP contribution in [-0.4, -0.2) is 29.3 Å². The Morgan fingerprint density at radius 3 is 2.67 bits per heavy atom. The third-order valence-corrected chi connectivity index (χ3v) is 4.43. The molecule has 24 heavy (non-hydrogen) atoms. The molecule has 1 aliphatic rings. The van der Waals surface area contributed by atoms with Crippen LogP contribution in [0.15, 0.2) is 36.5 Å². The van der Waals surface area contributed by atoms with Crippen LogP contribution in [0.1, 0.15) is 29.7 Å². The van der Waals surface area contributed by atoms with Gasteiger partial charge in [0.25, 0.3) is 0 Å². The lowest BCUT2D eigenvalue weighted by Crippen LogP contribution is -2.36. The number of benzene rings is 1. The molecule has 1 aliphatic heterocycles. The highest BCUT2D eigenvalue weighted by atomic mass is 19.1. The van der Waals surface area contributed by atoms with Crippen molar-refractivity contribution in [3.63, 3.8) is 0 Å². The number of aryl methyl sites for hydroxylation is 1. The summed E-state index contributed by atoms with van der Waals surface area (Å²) in [6.45, 7) is 4.68. The van der Waals surface area contributed by atoms with Crippen molar-refractivity contribution in [2.75, 3.05) is 18.0 Å². The molecule has 0 bridgehead atoms. The molecule has 0 amide bonds. The average molecular weight is 329 g/mol. The van der Waals surface area contributed by atoms with Crippen LogP contribution >= 0.6 is 0 Å². The van der Waals surface area contributed by atoms with Crippen LogP contribution in [0.5, 0.6) is 0 Å². The molecule has 128 valence electrons. The second kappa shape index (κ2) is 7.73. The van der Waals surface area contributed by atoms with E-state index in [4.69, 9.17) is 0 Å². The molecule has 0 saturated carbocycles. The Labute approximate surface area is 142 Å². The van der Waals surface area contributed by atoms with E-state index >= 15 is 0 Å². The Bertz CT molecular complexity index is 667. The van der Waals surface area contributed by atoms with Gasteiger partial charge in [0.2, 0.25) is 0 Å². The van der Waals surface area contributed by atoms with Crippen LogP contribution in [0.2, 0.25) is 0 Å². The second-order valence-electron chi connectivity index (χ2n) is 6.43. The molecule has 0 aliphatic carbocycles. The Kier molecular flexibility index (Phi) is 5.43. The lowest BCUT2D eigenvalue weighted by molar-refractivity contribution is 0.145. The zero-order valence-electron chi connectivity index (χ0n) is 14.0. The summed E-state index contributed by atoms with van der Waals surface area (Å²) >= 11 is 0. The maximum Gasteiger partial charge on any atom is 0.146 e. The molecule has 0 spiro atoms. The number of rotatable bonds is 5. The van der Waals surface area contributed by atoms with Gasteiger partial charge in [0.1, 0.15) is 5.82 Å². The first-order valence-corrected chi connectivity index (χ1v) is 8.45. The molecule has 2 heterocycles. The van der Waals surface area contributed by atoms with Crippen LogP contribution in [0.4, 0.5) is 10.1 Å². The number of pyridine rings is 1. The number of nitrogens with zero attached hydrogens (tertiary/aromatic N) is 2. The fourth-order valence-corrected chi connectivity index (χ4v) is 2.96. The molecule has 0 atom stereocenters. The fourth-order valence-electron chi connectivity index (χ4n) is 2.96. The van der Waals surface area contributed by atoms with E-state index in [0.29, 0.717) is 44.7 Å². The van der Waals surface area contributed by atoms with E-state index in [2.05, 4.69) is 10.3 Å². The van der Waals surface area contributed by atoms with Gasteiger partial charge in [-0.25, -0.2) is 4.39 Å². The van der Waals surface area contributed by atoms with Crippen LogP contribution in [0, 0.1) is 12.7 Å². The highest BCUT2D eigenvalue weighted by Crippen LogP contribution is 2.24. The first-order valence-electron chi connectivity index (χ1n) is 8.45. The highest BCUT2D eigenvalue weighted by Gasteiger charge is 2.19. The van der Waals surface area contributed by atoms with Gasteiger partial charge in [0, 0.05) is 32.4 Å². The first kappa shape index (κ1) is 16.9. The summed E-state index contributed by atoms with van der Waals surface area (Å²) in [7, 11) is 0. The zero-order chi connectivity index (χ0) is 16.9. The molecule has 5 heteroatoms. The Balaban J connectivity index is 1.55. The molecule has 1 aromatic carbocycles. The van der Waals surface area contributed by atoms with Crippen molar-refractivity contribution in [3.8, 4) is 0 Å². The van der Waals surface area contributed by atoms with E-state index in [0.717, 1.165) is 16.8 Å². The minimum absolute atomic E-state index is 0.195. The van der Waals surface area contributed by atoms with Crippen molar-refractivity contribution < 1.29 is 9.50 Å². The second-order valence-corrected chi connectivity index (χ2v) is 6.43. The summed E-state index contributed by atoms with van der Waals surface area (Å²) in [5, 5.41) is 12.9. The number of halogens is 1. The van der Waals surface area contributed by atoms with Crippen LogP contribution < -0.4 is 10.2 Å². The fraction of sp³-hybridized carbons (Fsp3) is 0.421. The number of anilines is 1. The summed E-state index contributed by atoms with van der Waals surface area (Å²) in [5.41, 5.74) is 3.66. The summed E-state index contributed by atoms with van der Waals surface area (Å²) in [6, 6.07) is 9.42. The number of aliphatic hydroxyl groups excluding tert-OH is 1. The molecule has 0 unspecified atom stereocenters. The SMILES string of the molecule is Cc1ccc(CNCc2ccc(N3CCC(O)CC3)c(F)c2)nc1. The largest absolute Gasteiger partial charge is 0.393 e. The minimum Gasteiger partial charge on any atom is -0.393 e. The van der Waals surface area contributed by atoms with Gasteiger partial charge >= 0.3 is 0 Å². The monoisotopic (exact) mass is 329 g/mol. The van der Waals surface area contributed by atoms with Gasteiger partial charge in [-0.05, 0) is 49.1 Å². The van der Waals surface area contributed by atoms with E-state index in [9.17, 15) is 9.50 Å². The van der Waals surface area contributed by atoms with Gasteiger partial charge in [-0.3, -0.25) is 4.98 Å². The van der Waals surface area contributed by atoms with Gasteiger partial charge < -0.3 is 15.3 Å². The molecule has 2 aromatic rings. The van der Waals surface area contributed by atoms with Gasteiger partial charge in [0.05, 0.1) is 17.5 Å². The molecule has 0 radical (unpaired) electrons. The highest BCUT2D eigenvalue weighted by molar-refractivity contribution is 5.49. The number of hydrogen-bond acceptors (Lipinski definition) is 4. The average Bonchev–Trinajstić information content (AvgIpc) is 2.58. The van der Waals surface area contributed by atoms with Crippen LogP contribution in [0.25, 0.3) is 0 Å². The van der Waals surface area contributed by atoms with Crippen molar-refractivity contribution in [1.29, 1.82) is 0 Å². The van der Waals surface area contributed by atoms with Crippen molar-refractivity contribution in [3.05, 3.63) is 59.2 Å². The maximum atomic E-state index is 14.4. The predicted molar refractivity (Wildman–Crippen MR) is 93.4 cm³/mol.